The third kappa shape index (κ3) is 2.94. The van der Waals surface area contributed by atoms with Gasteiger partial charge in [-0.2, -0.15) is 0 Å². The summed E-state index contributed by atoms with van der Waals surface area (Å²) in [6.45, 7) is 4.35. The van der Waals surface area contributed by atoms with E-state index in [0.717, 1.165) is 14.9 Å². The van der Waals surface area contributed by atoms with E-state index >= 15 is 0 Å². The van der Waals surface area contributed by atoms with Crippen molar-refractivity contribution in [1.29, 1.82) is 0 Å². The van der Waals surface area contributed by atoms with E-state index in [1.54, 1.807) is 0 Å². The number of unbranched alkanes of at least 4 members (excludes halogenated alkanes) is 3. The zero-order valence-electron chi connectivity index (χ0n) is 7.93. The van der Waals surface area contributed by atoms with Crippen LogP contribution < -0.4 is 0 Å². The molecule has 0 aliphatic carbocycles. The summed E-state index contributed by atoms with van der Waals surface area (Å²) in [6, 6.07) is 0. The summed E-state index contributed by atoms with van der Waals surface area (Å²) < 4.78 is 7.55. The molecule has 0 atom stereocenters. The summed E-state index contributed by atoms with van der Waals surface area (Å²) in [5.41, 5.74) is 2.56. The Balaban J connectivity index is 2.20. The lowest BCUT2D eigenvalue weighted by atomic mass is 10.1. The van der Waals surface area contributed by atoms with Gasteiger partial charge in [0.2, 0.25) is 0 Å². The normalized spacial score (nSPS) is 11.2. The van der Waals surface area contributed by atoms with Crippen molar-refractivity contribution in [3.63, 3.8) is 0 Å². The molecule has 12 heavy (non-hydrogen) atoms. The minimum absolute atomic E-state index is 1.02. The third-order valence-corrected chi connectivity index (χ3v) is 2.87. The second-order valence-corrected chi connectivity index (χ2v) is 3.82. The van der Waals surface area contributed by atoms with Crippen LogP contribution in [-0.4, -0.2) is 9.49 Å². The Hall–Kier alpha value is -0.360. The molecular formula is C9H17N2P. The van der Waals surface area contributed by atoms with Gasteiger partial charge in [-0.3, -0.25) is 0 Å². The molecule has 2 nitrogen and oxygen atoms in total. The van der Waals surface area contributed by atoms with Crippen LogP contribution >= 0.6 is 8.51 Å². The van der Waals surface area contributed by atoms with Crippen LogP contribution in [-0.2, 0) is 6.42 Å². The highest BCUT2D eigenvalue weighted by Crippen LogP contribution is 2.11. The lowest BCUT2D eigenvalue weighted by Crippen LogP contribution is -1.88. The van der Waals surface area contributed by atoms with Gasteiger partial charge in [0.1, 0.15) is 8.51 Å². The SMILES string of the molecule is CCCCCCc1np[nH]c1C. The van der Waals surface area contributed by atoms with Crippen LogP contribution in [0.25, 0.3) is 0 Å². The molecule has 68 valence electrons. The van der Waals surface area contributed by atoms with Crippen LogP contribution in [0.15, 0.2) is 0 Å². The molecule has 0 amide bonds. The first-order chi connectivity index (χ1) is 5.84. The smallest absolute Gasteiger partial charge is 0.129 e. The van der Waals surface area contributed by atoms with Gasteiger partial charge in [-0.25, -0.2) is 4.75 Å². The van der Waals surface area contributed by atoms with Crippen LogP contribution in [0.3, 0.4) is 0 Å². The first-order valence-corrected chi connectivity index (χ1v) is 5.56. The Morgan fingerprint density at radius 2 is 2.17 bits per heavy atom. The Morgan fingerprint density at radius 3 is 2.75 bits per heavy atom. The van der Waals surface area contributed by atoms with Crippen molar-refractivity contribution in [1.82, 2.24) is 9.49 Å². The molecule has 1 rings (SSSR count). The molecule has 0 fully saturated rings. The largest absolute Gasteiger partial charge is 0.325 e. The molecule has 0 spiro atoms. The summed E-state index contributed by atoms with van der Waals surface area (Å²) in [4.78, 5) is 0. The monoisotopic (exact) mass is 184 g/mol. The van der Waals surface area contributed by atoms with E-state index in [1.807, 2.05) is 0 Å². The quantitative estimate of drug-likeness (QED) is 0.698. The predicted octanol–water partition coefficient (Wildman–Crippen LogP) is 3.42. The van der Waals surface area contributed by atoms with Crippen molar-refractivity contribution in [2.75, 3.05) is 0 Å². The van der Waals surface area contributed by atoms with Crippen molar-refractivity contribution in [3.8, 4) is 0 Å². The maximum Gasteiger partial charge on any atom is 0.129 e. The number of hydrogen-bond acceptors (Lipinski definition) is 1. The molecule has 1 aromatic heterocycles. The highest BCUT2D eigenvalue weighted by Gasteiger charge is 1.99. The molecule has 0 aliphatic rings. The van der Waals surface area contributed by atoms with E-state index in [-0.39, 0.29) is 0 Å². The second kappa shape index (κ2) is 5.31. The Bertz CT molecular complexity index is 220. The van der Waals surface area contributed by atoms with E-state index in [2.05, 4.69) is 23.3 Å². The third-order valence-electron chi connectivity index (χ3n) is 2.09. The molecule has 1 N–H and O–H groups in total. The lowest BCUT2D eigenvalue weighted by Gasteiger charge is -1.97. The molecule has 0 saturated carbocycles. The van der Waals surface area contributed by atoms with Gasteiger partial charge in [-0.1, -0.05) is 26.2 Å². The van der Waals surface area contributed by atoms with Gasteiger partial charge in [-0.05, 0) is 19.8 Å². The molecular weight excluding hydrogens is 167 g/mol. The van der Waals surface area contributed by atoms with Crippen molar-refractivity contribution in [2.24, 2.45) is 0 Å². The first kappa shape index (κ1) is 9.73. The maximum absolute atomic E-state index is 4.36. The minimum atomic E-state index is 1.02. The number of aromatic amines is 1. The molecule has 0 saturated heterocycles. The predicted molar refractivity (Wildman–Crippen MR) is 53.7 cm³/mol. The Kier molecular flexibility index (Phi) is 4.31. The van der Waals surface area contributed by atoms with Gasteiger partial charge < -0.3 is 4.75 Å². The van der Waals surface area contributed by atoms with E-state index in [9.17, 15) is 0 Å². The fourth-order valence-corrected chi connectivity index (χ4v) is 1.96. The fraction of sp³-hybridized carbons (Fsp3) is 0.778. The summed E-state index contributed by atoms with van der Waals surface area (Å²) in [5.74, 6) is 0. The molecule has 3 heteroatoms. The van der Waals surface area contributed by atoms with Gasteiger partial charge in [0, 0.05) is 5.69 Å². The van der Waals surface area contributed by atoms with Crippen LogP contribution in [0.1, 0.15) is 44.0 Å². The average molecular weight is 184 g/mol. The topological polar surface area (TPSA) is 28.7 Å². The van der Waals surface area contributed by atoms with Crippen molar-refractivity contribution < 1.29 is 0 Å². The lowest BCUT2D eigenvalue weighted by molar-refractivity contribution is 0.661. The zero-order valence-corrected chi connectivity index (χ0v) is 8.82. The summed E-state index contributed by atoms with van der Waals surface area (Å²) in [5, 5.41) is 0. The van der Waals surface area contributed by atoms with Gasteiger partial charge in [-0.15, -0.1) is 0 Å². The van der Waals surface area contributed by atoms with Crippen LogP contribution in [0, 0.1) is 6.92 Å². The standard InChI is InChI=1S/C9H17N2P/c1-3-4-5-6-7-9-8(2)10-12-11-9/h3-7H2,1-2H3,(H,10,11). The number of aryl methyl sites for hydroxylation is 2. The number of aromatic nitrogens is 2. The fourth-order valence-electron chi connectivity index (χ4n) is 1.26. The molecule has 1 heterocycles. The molecule has 0 aromatic carbocycles. The molecule has 0 unspecified atom stereocenters. The minimum Gasteiger partial charge on any atom is -0.325 e. The molecule has 0 aliphatic heterocycles. The van der Waals surface area contributed by atoms with Crippen LogP contribution in [0.2, 0.25) is 0 Å². The highest BCUT2D eigenvalue weighted by molar-refractivity contribution is 7.20. The van der Waals surface area contributed by atoms with Crippen molar-refractivity contribution in [3.05, 3.63) is 11.4 Å². The van der Waals surface area contributed by atoms with Gasteiger partial charge in [0.05, 0.1) is 5.69 Å². The number of nitrogens with one attached hydrogen (secondary N) is 1. The van der Waals surface area contributed by atoms with Crippen LogP contribution in [0.4, 0.5) is 0 Å². The number of rotatable bonds is 5. The van der Waals surface area contributed by atoms with E-state index in [1.165, 1.54) is 37.1 Å². The van der Waals surface area contributed by atoms with Crippen molar-refractivity contribution >= 4 is 8.51 Å². The van der Waals surface area contributed by atoms with Gasteiger partial charge >= 0.3 is 0 Å². The number of H-pyrrole nitrogens is 1. The van der Waals surface area contributed by atoms with E-state index < -0.39 is 0 Å². The van der Waals surface area contributed by atoms with Gasteiger partial charge in [0.25, 0.3) is 0 Å². The summed E-state index contributed by atoms with van der Waals surface area (Å²) in [7, 11) is 1.02. The van der Waals surface area contributed by atoms with E-state index in [4.69, 9.17) is 0 Å². The Labute approximate surface area is 76.0 Å². The average Bonchev–Trinajstić information content (AvgIpc) is 2.46. The van der Waals surface area contributed by atoms with Gasteiger partial charge in [0.15, 0.2) is 0 Å². The van der Waals surface area contributed by atoms with Crippen LogP contribution in [0.5, 0.6) is 0 Å². The van der Waals surface area contributed by atoms with Crippen molar-refractivity contribution in [2.45, 2.75) is 46.0 Å². The first-order valence-electron chi connectivity index (χ1n) is 4.71. The van der Waals surface area contributed by atoms with E-state index in [0.29, 0.717) is 0 Å². The molecule has 0 bridgehead atoms. The second-order valence-electron chi connectivity index (χ2n) is 3.19. The molecule has 0 radical (unpaired) electrons. The summed E-state index contributed by atoms with van der Waals surface area (Å²) in [6.07, 6.45) is 6.47. The Morgan fingerprint density at radius 1 is 1.33 bits per heavy atom. The zero-order chi connectivity index (χ0) is 8.81. The highest BCUT2D eigenvalue weighted by atomic mass is 31.1. The number of hydrogen-bond donors (Lipinski definition) is 1. The summed E-state index contributed by atoms with van der Waals surface area (Å²) >= 11 is 0. The molecule has 1 aromatic rings. The maximum atomic E-state index is 4.36. The number of nitrogens with zero attached hydrogens (tertiary/aromatic N) is 1.